The predicted molar refractivity (Wildman–Crippen MR) is 80.9 cm³/mol. The predicted octanol–water partition coefficient (Wildman–Crippen LogP) is -0.421. The van der Waals surface area contributed by atoms with Crippen molar-refractivity contribution in [3.05, 3.63) is 24.3 Å². The van der Waals surface area contributed by atoms with Crippen LogP contribution in [0.5, 0.6) is 0 Å². The molecule has 0 bridgehead atoms. The third-order valence-electron chi connectivity index (χ3n) is 2.50. The smallest absolute Gasteiger partial charge is 0.384 e. The molecule has 0 heterocycles. The van der Waals surface area contributed by atoms with Crippen LogP contribution in [0.25, 0.3) is 0 Å². The SMILES string of the molecule is O=S(=O)(CCNc1cccc(S(=O)(=O)O)c1)CCOS(=O)(=O)O. The molecule has 0 radical (unpaired) electrons. The highest BCUT2D eigenvalue weighted by Crippen LogP contribution is 2.14. The van der Waals surface area contributed by atoms with E-state index in [2.05, 4.69) is 9.50 Å². The van der Waals surface area contributed by atoms with Crippen molar-refractivity contribution in [1.82, 2.24) is 0 Å². The molecule has 0 aliphatic heterocycles. The molecular formula is C10H15NO9S3. The summed E-state index contributed by atoms with van der Waals surface area (Å²) in [5, 5.41) is 2.66. The van der Waals surface area contributed by atoms with Crippen molar-refractivity contribution in [2.24, 2.45) is 0 Å². The summed E-state index contributed by atoms with van der Waals surface area (Å²) in [4.78, 5) is -0.341. The highest BCUT2D eigenvalue weighted by atomic mass is 32.3. The van der Waals surface area contributed by atoms with E-state index in [0.717, 1.165) is 6.07 Å². The fourth-order valence-corrected chi connectivity index (χ4v) is 3.37. The molecule has 23 heavy (non-hydrogen) atoms. The average Bonchev–Trinajstić information content (AvgIpc) is 2.36. The van der Waals surface area contributed by atoms with Crippen LogP contribution in [0.1, 0.15) is 0 Å². The van der Waals surface area contributed by atoms with Gasteiger partial charge in [0.05, 0.1) is 23.0 Å². The van der Waals surface area contributed by atoms with E-state index >= 15 is 0 Å². The van der Waals surface area contributed by atoms with Crippen LogP contribution in [0, 0.1) is 0 Å². The molecule has 1 aromatic carbocycles. The molecule has 0 aliphatic carbocycles. The topological polar surface area (TPSA) is 164 Å². The van der Waals surface area contributed by atoms with Gasteiger partial charge >= 0.3 is 10.4 Å². The maximum Gasteiger partial charge on any atom is 0.397 e. The lowest BCUT2D eigenvalue weighted by molar-refractivity contribution is 0.284. The van der Waals surface area contributed by atoms with Crippen LogP contribution in [0.3, 0.4) is 0 Å². The summed E-state index contributed by atoms with van der Waals surface area (Å²) in [6, 6.07) is 5.13. The van der Waals surface area contributed by atoms with Crippen LogP contribution in [0.2, 0.25) is 0 Å². The molecule has 0 aromatic heterocycles. The number of anilines is 1. The lowest BCUT2D eigenvalue weighted by atomic mass is 10.3. The zero-order chi connectivity index (χ0) is 17.7. The minimum absolute atomic E-state index is 0.0802. The average molecular weight is 389 g/mol. The molecule has 0 unspecified atom stereocenters. The van der Waals surface area contributed by atoms with Gasteiger partial charge in [-0.2, -0.15) is 16.8 Å². The third-order valence-corrected chi connectivity index (χ3v) is 5.43. The molecule has 13 heteroatoms. The minimum atomic E-state index is -4.69. The largest absolute Gasteiger partial charge is 0.397 e. The van der Waals surface area contributed by atoms with E-state index in [9.17, 15) is 25.3 Å². The van der Waals surface area contributed by atoms with Crippen molar-refractivity contribution in [2.75, 3.05) is 30.0 Å². The van der Waals surface area contributed by atoms with Crippen molar-refractivity contribution in [3.63, 3.8) is 0 Å². The summed E-state index contributed by atoms with van der Waals surface area (Å²) in [6.07, 6.45) is 0. The number of benzene rings is 1. The maximum atomic E-state index is 11.6. The Labute approximate surface area is 134 Å². The van der Waals surface area contributed by atoms with Crippen LogP contribution in [0.4, 0.5) is 5.69 Å². The van der Waals surface area contributed by atoms with E-state index < -0.39 is 42.7 Å². The Kier molecular flexibility index (Phi) is 6.49. The molecule has 0 atom stereocenters. The van der Waals surface area contributed by atoms with Gasteiger partial charge in [-0.25, -0.2) is 12.6 Å². The van der Waals surface area contributed by atoms with Gasteiger partial charge in [-0.05, 0) is 18.2 Å². The second kappa shape index (κ2) is 7.55. The number of hydrogen-bond acceptors (Lipinski definition) is 8. The summed E-state index contributed by atoms with van der Waals surface area (Å²) in [5.74, 6) is -0.989. The lowest BCUT2D eigenvalue weighted by Crippen LogP contribution is -2.22. The first kappa shape index (κ1) is 19.8. The Morgan fingerprint density at radius 1 is 1.00 bits per heavy atom. The zero-order valence-electron chi connectivity index (χ0n) is 11.6. The fraction of sp³-hybridized carbons (Fsp3) is 0.400. The number of hydrogen-bond donors (Lipinski definition) is 3. The van der Waals surface area contributed by atoms with Gasteiger partial charge in [-0.15, -0.1) is 0 Å². The van der Waals surface area contributed by atoms with E-state index in [1.54, 1.807) is 0 Å². The molecule has 0 aliphatic rings. The first-order valence-electron chi connectivity index (χ1n) is 6.03. The van der Waals surface area contributed by atoms with Gasteiger partial charge in [0.1, 0.15) is 0 Å². The molecule has 0 amide bonds. The molecule has 1 rings (SSSR count). The van der Waals surface area contributed by atoms with Gasteiger partial charge < -0.3 is 5.32 Å². The van der Waals surface area contributed by atoms with Crippen LogP contribution in [-0.4, -0.2) is 59.0 Å². The van der Waals surface area contributed by atoms with E-state index in [0.29, 0.717) is 0 Å². The third kappa shape index (κ3) is 8.24. The van der Waals surface area contributed by atoms with Gasteiger partial charge in [0.15, 0.2) is 9.84 Å². The monoisotopic (exact) mass is 389 g/mol. The molecule has 0 spiro atoms. The highest BCUT2D eigenvalue weighted by Gasteiger charge is 2.14. The quantitative estimate of drug-likeness (QED) is 0.472. The first-order valence-corrected chi connectivity index (χ1v) is 10.7. The molecule has 0 fully saturated rings. The summed E-state index contributed by atoms with van der Waals surface area (Å²) < 4.78 is 86.8. The van der Waals surface area contributed by atoms with Crippen LogP contribution < -0.4 is 5.32 Å². The second-order valence-electron chi connectivity index (χ2n) is 4.33. The van der Waals surface area contributed by atoms with Crippen molar-refractivity contribution in [3.8, 4) is 0 Å². The number of rotatable bonds is 9. The van der Waals surface area contributed by atoms with E-state index in [1.807, 2.05) is 0 Å². The van der Waals surface area contributed by atoms with Gasteiger partial charge in [-0.3, -0.25) is 9.11 Å². The summed E-state index contributed by atoms with van der Waals surface area (Å²) >= 11 is 0. The van der Waals surface area contributed by atoms with Crippen molar-refractivity contribution in [2.45, 2.75) is 4.90 Å². The molecule has 0 saturated carbocycles. The molecule has 0 saturated heterocycles. The highest BCUT2D eigenvalue weighted by molar-refractivity contribution is 7.91. The molecule has 1 aromatic rings. The summed E-state index contributed by atoms with van der Waals surface area (Å²) in [5.41, 5.74) is 0.282. The number of nitrogens with one attached hydrogen (secondary N) is 1. The van der Waals surface area contributed by atoms with Crippen LogP contribution >= 0.6 is 0 Å². The minimum Gasteiger partial charge on any atom is -0.384 e. The van der Waals surface area contributed by atoms with E-state index in [-0.39, 0.29) is 22.9 Å². The fourth-order valence-electron chi connectivity index (χ4n) is 1.49. The molecule has 10 nitrogen and oxygen atoms in total. The van der Waals surface area contributed by atoms with Crippen molar-refractivity contribution in [1.29, 1.82) is 0 Å². The van der Waals surface area contributed by atoms with Crippen LogP contribution in [-0.2, 0) is 34.5 Å². The van der Waals surface area contributed by atoms with Gasteiger partial charge in [0.2, 0.25) is 0 Å². The van der Waals surface area contributed by atoms with Gasteiger partial charge in [-0.1, -0.05) is 6.07 Å². The maximum absolute atomic E-state index is 11.6. The Hall–Kier alpha value is -1.25. The van der Waals surface area contributed by atoms with Gasteiger partial charge in [0, 0.05) is 12.2 Å². The first-order chi connectivity index (χ1) is 10.4. The Balaban J connectivity index is 2.53. The second-order valence-corrected chi connectivity index (χ2v) is 9.15. The molecule has 132 valence electrons. The summed E-state index contributed by atoms with van der Waals surface area (Å²) in [6.45, 7) is -0.789. The summed E-state index contributed by atoms with van der Waals surface area (Å²) in [7, 11) is -12.7. The van der Waals surface area contributed by atoms with Gasteiger partial charge in [0.25, 0.3) is 10.1 Å². The molecular weight excluding hydrogens is 374 g/mol. The zero-order valence-corrected chi connectivity index (χ0v) is 14.1. The normalized spacial score (nSPS) is 13.0. The standard InChI is InChI=1S/C10H15NO9S3/c12-21(13,7-5-20-23(17,18)19)6-4-11-9-2-1-3-10(8-9)22(14,15)16/h1-3,8,11H,4-7H2,(H,14,15,16)(H,17,18,19). The van der Waals surface area contributed by atoms with E-state index in [4.69, 9.17) is 9.11 Å². The van der Waals surface area contributed by atoms with Crippen molar-refractivity contribution >= 4 is 36.0 Å². The number of sulfone groups is 1. The van der Waals surface area contributed by atoms with Crippen molar-refractivity contribution < 1.29 is 38.5 Å². The Morgan fingerprint density at radius 3 is 2.22 bits per heavy atom. The Bertz CT molecular complexity index is 843. The van der Waals surface area contributed by atoms with Crippen LogP contribution in [0.15, 0.2) is 29.2 Å². The van der Waals surface area contributed by atoms with E-state index in [1.165, 1.54) is 18.2 Å². The molecule has 3 N–H and O–H groups in total. The lowest BCUT2D eigenvalue weighted by Gasteiger charge is -2.08. The Morgan fingerprint density at radius 2 is 1.65 bits per heavy atom.